The molecule has 0 fully saturated rings. The third kappa shape index (κ3) is 3.25. The SMILES string of the molecule is CCC(N)C(=O)Nc1cc(C(N)=O)ccc1F. The number of hydrogen-bond donors (Lipinski definition) is 3. The van der Waals surface area contributed by atoms with E-state index in [0.29, 0.717) is 6.42 Å². The predicted molar refractivity (Wildman–Crippen MR) is 61.8 cm³/mol. The van der Waals surface area contributed by atoms with Crippen LogP contribution in [0.3, 0.4) is 0 Å². The van der Waals surface area contributed by atoms with Crippen molar-refractivity contribution in [2.45, 2.75) is 19.4 Å². The second-order valence-electron chi connectivity index (χ2n) is 3.56. The van der Waals surface area contributed by atoms with E-state index in [4.69, 9.17) is 11.5 Å². The lowest BCUT2D eigenvalue weighted by atomic mass is 10.1. The van der Waals surface area contributed by atoms with Gasteiger partial charge in [0, 0.05) is 5.56 Å². The Balaban J connectivity index is 2.94. The summed E-state index contributed by atoms with van der Waals surface area (Å²) in [7, 11) is 0. The molecule has 0 saturated heterocycles. The fourth-order valence-electron chi connectivity index (χ4n) is 1.19. The van der Waals surface area contributed by atoms with Crippen LogP contribution >= 0.6 is 0 Å². The lowest BCUT2D eigenvalue weighted by molar-refractivity contribution is -0.117. The van der Waals surface area contributed by atoms with Crippen LogP contribution in [0.1, 0.15) is 23.7 Å². The first-order valence-corrected chi connectivity index (χ1v) is 5.11. The molecule has 1 atom stereocenters. The zero-order chi connectivity index (χ0) is 13.0. The van der Waals surface area contributed by atoms with E-state index in [1.807, 2.05) is 0 Å². The number of amides is 2. The maximum Gasteiger partial charge on any atom is 0.248 e. The van der Waals surface area contributed by atoms with E-state index in [1.165, 1.54) is 12.1 Å². The van der Waals surface area contributed by atoms with Crippen molar-refractivity contribution in [3.63, 3.8) is 0 Å². The predicted octanol–water partition coefficient (Wildman–Crippen LogP) is 0.600. The standard InChI is InChI=1S/C11H14FN3O2/c1-2-8(13)11(17)15-9-5-6(10(14)16)3-4-7(9)12/h3-5,8H,2,13H2,1H3,(H2,14,16)(H,15,17). The molecule has 5 nitrogen and oxygen atoms in total. The van der Waals surface area contributed by atoms with Gasteiger partial charge in [0.1, 0.15) is 5.82 Å². The minimum Gasteiger partial charge on any atom is -0.366 e. The van der Waals surface area contributed by atoms with Gasteiger partial charge in [-0.2, -0.15) is 0 Å². The highest BCUT2D eigenvalue weighted by Gasteiger charge is 2.14. The van der Waals surface area contributed by atoms with Crippen LogP contribution in [0.4, 0.5) is 10.1 Å². The molecule has 1 aromatic rings. The highest BCUT2D eigenvalue weighted by Crippen LogP contribution is 2.16. The molecule has 0 radical (unpaired) electrons. The van der Waals surface area contributed by atoms with Crippen LogP contribution in [0.15, 0.2) is 18.2 Å². The molecule has 1 aromatic carbocycles. The molecule has 17 heavy (non-hydrogen) atoms. The van der Waals surface area contributed by atoms with E-state index in [1.54, 1.807) is 6.92 Å². The summed E-state index contributed by atoms with van der Waals surface area (Å²) in [6.07, 6.45) is 0.433. The Morgan fingerprint density at radius 1 is 1.47 bits per heavy atom. The van der Waals surface area contributed by atoms with Crippen molar-refractivity contribution >= 4 is 17.5 Å². The van der Waals surface area contributed by atoms with Gasteiger partial charge in [-0.1, -0.05) is 6.92 Å². The summed E-state index contributed by atoms with van der Waals surface area (Å²) in [5.74, 6) is -1.85. The topological polar surface area (TPSA) is 98.2 Å². The molecule has 5 N–H and O–H groups in total. The number of primary amides is 1. The van der Waals surface area contributed by atoms with E-state index in [9.17, 15) is 14.0 Å². The Bertz CT molecular complexity index is 448. The number of carbonyl (C=O) groups is 2. The van der Waals surface area contributed by atoms with Gasteiger partial charge in [0.15, 0.2) is 0 Å². The Labute approximate surface area is 98.0 Å². The van der Waals surface area contributed by atoms with Gasteiger partial charge in [-0.25, -0.2) is 4.39 Å². The molecule has 6 heteroatoms. The lowest BCUT2D eigenvalue weighted by Crippen LogP contribution is -2.35. The van der Waals surface area contributed by atoms with Crippen molar-refractivity contribution in [1.82, 2.24) is 0 Å². The summed E-state index contributed by atoms with van der Waals surface area (Å²) in [5, 5.41) is 2.31. The van der Waals surface area contributed by atoms with Gasteiger partial charge in [0.2, 0.25) is 11.8 Å². The number of nitrogens with one attached hydrogen (secondary N) is 1. The van der Waals surface area contributed by atoms with Crippen molar-refractivity contribution in [2.75, 3.05) is 5.32 Å². The quantitative estimate of drug-likeness (QED) is 0.717. The first-order chi connectivity index (χ1) is 7.95. The fraction of sp³-hybridized carbons (Fsp3) is 0.273. The fourth-order valence-corrected chi connectivity index (χ4v) is 1.19. The summed E-state index contributed by atoms with van der Waals surface area (Å²) in [5.41, 5.74) is 10.6. The molecule has 0 bridgehead atoms. The van der Waals surface area contributed by atoms with Crippen molar-refractivity contribution in [3.8, 4) is 0 Å². The highest BCUT2D eigenvalue weighted by atomic mass is 19.1. The van der Waals surface area contributed by atoms with Crippen LogP contribution in [-0.2, 0) is 4.79 Å². The van der Waals surface area contributed by atoms with Gasteiger partial charge >= 0.3 is 0 Å². The number of anilines is 1. The van der Waals surface area contributed by atoms with Gasteiger partial charge in [-0.15, -0.1) is 0 Å². The Kier molecular flexibility index (Phi) is 4.17. The second kappa shape index (κ2) is 5.40. The minimum absolute atomic E-state index is 0.102. The Hall–Kier alpha value is -1.95. The second-order valence-corrected chi connectivity index (χ2v) is 3.56. The molecular formula is C11H14FN3O2. The van der Waals surface area contributed by atoms with Crippen molar-refractivity contribution in [3.05, 3.63) is 29.6 Å². The van der Waals surface area contributed by atoms with Crippen LogP contribution in [-0.4, -0.2) is 17.9 Å². The minimum atomic E-state index is -0.716. The molecule has 0 heterocycles. The van der Waals surface area contributed by atoms with Crippen LogP contribution in [0.25, 0.3) is 0 Å². The summed E-state index contributed by atoms with van der Waals surface area (Å²) < 4.78 is 13.4. The van der Waals surface area contributed by atoms with E-state index >= 15 is 0 Å². The molecule has 2 amide bonds. The molecule has 0 aliphatic heterocycles. The molecule has 92 valence electrons. The molecule has 1 unspecified atom stereocenters. The largest absolute Gasteiger partial charge is 0.366 e. The average Bonchev–Trinajstić information content (AvgIpc) is 2.30. The third-order valence-electron chi connectivity index (χ3n) is 2.29. The van der Waals surface area contributed by atoms with Crippen LogP contribution < -0.4 is 16.8 Å². The third-order valence-corrected chi connectivity index (χ3v) is 2.29. The number of halogens is 1. The van der Waals surface area contributed by atoms with E-state index in [-0.39, 0.29) is 11.3 Å². The van der Waals surface area contributed by atoms with Crippen LogP contribution in [0.2, 0.25) is 0 Å². The van der Waals surface area contributed by atoms with Gasteiger partial charge in [-0.3, -0.25) is 9.59 Å². The Morgan fingerprint density at radius 2 is 2.12 bits per heavy atom. The maximum atomic E-state index is 13.4. The van der Waals surface area contributed by atoms with Crippen molar-refractivity contribution < 1.29 is 14.0 Å². The van der Waals surface area contributed by atoms with Gasteiger partial charge < -0.3 is 16.8 Å². The molecule has 1 rings (SSSR count). The van der Waals surface area contributed by atoms with E-state index < -0.39 is 23.7 Å². The summed E-state index contributed by atoms with van der Waals surface area (Å²) in [4.78, 5) is 22.4. The zero-order valence-electron chi connectivity index (χ0n) is 9.37. The molecule has 0 saturated carbocycles. The maximum absolute atomic E-state index is 13.4. The number of rotatable bonds is 4. The molecule has 0 spiro atoms. The van der Waals surface area contributed by atoms with Crippen molar-refractivity contribution in [1.29, 1.82) is 0 Å². The first-order valence-electron chi connectivity index (χ1n) is 5.11. The monoisotopic (exact) mass is 239 g/mol. The number of nitrogens with two attached hydrogens (primary N) is 2. The highest BCUT2D eigenvalue weighted by molar-refractivity contribution is 5.97. The number of carbonyl (C=O) groups excluding carboxylic acids is 2. The first kappa shape index (κ1) is 13.1. The molecule has 0 aliphatic carbocycles. The Morgan fingerprint density at radius 3 is 2.65 bits per heavy atom. The number of benzene rings is 1. The zero-order valence-corrected chi connectivity index (χ0v) is 9.37. The van der Waals surface area contributed by atoms with Crippen LogP contribution in [0.5, 0.6) is 0 Å². The smallest absolute Gasteiger partial charge is 0.248 e. The summed E-state index contributed by atoms with van der Waals surface area (Å²) >= 11 is 0. The summed E-state index contributed by atoms with van der Waals surface area (Å²) in [6, 6.07) is 2.77. The van der Waals surface area contributed by atoms with Crippen LogP contribution in [0, 0.1) is 5.82 Å². The van der Waals surface area contributed by atoms with Gasteiger partial charge in [-0.05, 0) is 24.6 Å². The van der Waals surface area contributed by atoms with Crippen molar-refractivity contribution in [2.24, 2.45) is 11.5 Å². The number of hydrogen-bond acceptors (Lipinski definition) is 3. The van der Waals surface area contributed by atoms with Gasteiger partial charge in [0.25, 0.3) is 0 Å². The molecular weight excluding hydrogens is 225 g/mol. The normalized spacial score (nSPS) is 11.9. The molecule has 0 aliphatic rings. The average molecular weight is 239 g/mol. The molecule has 0 aromatic heterocycles. The van der Waals surface area contributed by atoms with Gasteiger partial charge in [0.05, 0.1) is 11.7 Å². The van der Waals surface area contributed by atoms with E-state index in [0.717, 1.165) is 6.07 Å². The van der Waals surface area contributed by atoms with E-state index in [2.05, 4.69) is 5.32 Å². The lowest BCUT2D eigenvalue weighted by Gasteiger charge is -2.11. The summed E-state index contributed by atoms with van der Waals surface area (Å²) in [6.45, 7) is 1.74.